The maximum absolute atomic E-state index is 5.80. The fourth-order valence-electron chi connectivity index (χ4n) is 1.39. The van der Waals surface area contributed by atoms with Crippen molar-refractivity contribution < 1.29 is 4.74 Å². The number of rotatable bonds is 7. The molecule has 0 bridgehead atoms. The van der Waals surface area contributed by atoms with Crippen LogP contribution in [0.4, 0.5) is 0 Å². The van der Waals surface area contributed by atoms with Crippen LogP contribution in [0.25, 0.3) is 0 Å². The van der Waals surface area contributed by atoms with Crippen LogP contribution in [-0.2, 0) is 0 Å². The molecule has 0 fully saturated rings. The first kappa shape index (κ1) is 13.3. The van der Waals surface area contributed by atoms with Crippen molar-refractivity contribution in [3.05, 3.63) is 29.3 Å². The van der Waals surface area contributed by atoms with Crippen molar-refractivity contribution >= 4 is 11.6 Å². The van der Waals surface area contributed by atoms with Gasteiger partial charge in [0.2, 0.25) is 0 Å². The number of hydrogen-bond donors (Lipinski definition) is 1. The van der Waals surface area contributed by atoms with Crippen LogP contribution in [-0.4, -0.2) is 19.2 Å². The fourth-order valence-corrected chi connectivity index (χ4v) is 1.52. The van der Waals surface area contributed by atoms with Crippen molar-refractivity contribution in [3.8, 4) is 5.75 Å². The third-order valence-corrected chi connectivity index (χ3v) is 2.54. The summed E-state index contributed by atoms with van der Waals surface area (Å²) in [6, 6.07) is 7.47. The van der Waals surface area contributed by atoms with Crippen LogP contribution in [0.5, 0.6) is 5.75 Å². The fraction of sp³-hybridized carbons (Fsp3) is 0.538. The van der Waals surface area contributed by atoms with Crippen LogP contribution in [0.2, 0.25) is 5.02 Å². The Bertz CT molecular complexity index is 286. The molecule has 90 valence electrons. The molecule has 1 N–H and O–H groups in total. The first-order chi connectivity index (χ1) is 7.72. The predicted molar refractivity (Wildman–Crippen MR) is 69.3 cm³/mol. The SMILES string of the molecule is CCCCNCC(C)Oc1ccc(Cl)cc1. The standard InChI is InChI=1S/C13H20ClNO/c1-3-4-9-15-10-11(2)16-13-7-5-12(14)6-8-13/h5-8,11,15H,3-4,9-10H2,1-2H3. The normalized spacial score (nSPS) is 12.4. The molecule has 0 saturated carbocycles. The largest absolute Gasteiger partial charge is 0.489 e. The first-order valence-corrected chi connectivity index (χ1v) is 6.23. The molecule has 1 atom stereocenters. The lowest BCUT2D eigenvalue weighted by molar-refractivity contribution is 0.217. The molecule has 0 radical (unpaired) electrons. The third kappa shape index (κ3) is 5.38. The van der Waals surface area contributed by atoms with Crippen LogP contribution < -0.4 is 10.1 Å². The van der Waals surface area contributed by atoms with Crippen molar-refractivity contribution in [2.75, 3.05) is 13.1 Å². The monoisotopic (exact) mass is 241 g/mol. The molecule has 1 aromatic rings. The van der Waals surface area contributed by atoms with Gasteiger partial charge in [-0.15, -0.1) is 0 Å². The summed E-state index contributed by atoms with van der Waals surface area (Å²) in [6.07, 6.45) is 2.62. The van der Waals surface area contributed by atoms with Gasteiger partial charge >= 0.3 is 0 Å². The van der Waals surface area contributed by atoms with Gasteiger partial charge in [-0.2, -0.15) is 0 Å². The van der Waals surface area contributed by atoms with Crippen molar-refractivity contribution in [3.63, 3.8) is 0 Å². The number of benzene rings is 1. The van der Waals surface area contributed by atoms with E-state index in [-0.39, 0.29) is 6.10 Å². The summed E-state index contributed by atoms with van der Waals surface area (Å²) in [5.74, 6) is 0.870. The zero-order valence-corrected chi connectivity index (χ0v) is 10.8. The van der Waals surface area contributed by atoms with Gasteiger partial charge in [-0.05, 0) is 44.2 Å². The Hall–Kier alpha value is -0.730. The lowest BCUT2D eigenvalue weighted by atomic mass is 10.3. The molecule has 2 nitrogen and oxygen atoms in total. The highest BCUT2D eigenvalue weighted by Gasteiger charge is 2.02. The summed E-state index contributed by atoms with van der Waals surface area (Å²) in [5.41, 5.74) is 0. The molecule has 1 unspecified atom stereocenters. The van der Waals surface area contributed by atoms with E-state index in [4.69, 9.17) is 16.3 Å². The van der Waals surface area contributed by atoms with Gasteiger partial charge in [0.15, 0.2) is 0 Å². The van der Waals surface area contributed by atoms with E-state index in [0.29, 0.717) is 0 Å². The molecule has 16 heavy (non-hydrogen) atoms. The highest BCUT2D eigenvalue weighted by molar-refractivity contribution is 6.30. The predicted octanol–water partition coefficient (Wildman–Crippen LogP) is 3.50. The molecule has 1 rings (SSSR count). The second-order valence-electron chi connectivity index (χ2n) is 3.94. The molecule has 0 aliphatic heterocycles. The van der Waals surface area contributed by atoms with E-state index in [9.17, 15) is 0 Å². The maximum Gasteiger partial charge on any atom is 0.119 e. The Balaban J connectivity index is 2.23. The van der Waals surface area contributed by atoms with Crippen LogP contribution in [0.3, 0.4) is 0 Å². The minimum absolute atomic E-state index is 0.179. The molecule has 0 aromatic heterocycles. The highest BCUT2D eigenvalue weighted by Crippen LogP contribution is 2.16. The summed E-state index contributed by atoms with van der Waals surface area (Å²) in [5, 5.41) is 4.10. The van der Waals surface area contributed by atoms with Crippen molar-refractivity contribution in [1.82, 2.24) is 5.32 Å². The van der Waals surface area contributed by atoms with Crippen molar-refractivity contribution in [2.24, 2.45) is 0 Å². The molecule has 0 aliphatic rings. The Morgan fingerprint density at radius 1 is 1.31 bits per heavy atom. The van der Waals surface area contributed by atoms with Gasteiger partial charge in [0.05, 0.1) is 0 Å². The molecule has 0 heterocycles. The van der Waals surface area contributed by atoms with Gasteiger partial charge in [-0.3, -0.25) is 0 Å². The van der Waals surface area contributed by atoms with Crippen molar-refractivity contribution in [2.45, 2.75) is 32.8 Å². The summed E-state index contributed by atoms with van der Waals surface area (Å²) >= 11 is 5.80. The smallest absolute Gasteiger partial charge is 0.119 e. The molecule has 1 aromatic carbocycles. The number of unbranched alkanes of at least 4 members (excludes halogenated alkanes) is 1. The molecular weight excluding hydrogens is 222 g/mol. The molecule has 3 heteroatoms. The van der Waals surface area contributed by atoms with Gasteiger partial charge in [0, 0.05) is 11.6 Å². The van der Waals surface area contributed by atoms with E-state index in [1.165, 1.54) is 12.8 Å². The molecule has 0 amide bonds. The summed E-state index contributed by atoms with van der Waals surface area (Å²) in [7, 11) is 0. The Kier molecular flexibility index (Phi) is 6.27. The van der Waals surface area contributed by atoms with E-state index in [2.05, 4.69) is 19.2 Å². The third-order valence-electron chi connectivity index (χ3n) is 2.29. The van der Waals surface area contributed by atoms with Crippen LogP contribution in [0.1, 0.15) is 26.7 Å². The van der Waals surface area contributed by atoms with Gasteiger partial charge in [-0.25, -0.2) is 0 Å². The van der Waals surface area contributed by atoms with Gasteiger partial charge in [0.25, 0.3) is 0 Å². The summed E-state index contributed by atoms with van der Waals surface area (Å²) < 4.78 is 5.73. The van der Waals surface area contributed by atoms with Gasteiger partial charge in [0.1, 0.15) is 11.9 Å². The van der Waals surface area contributed by atoms with Crippen LogP contribution >= 0.6 is 11.6 Å². The maximum atomic E-state index is 5.80. The molecule has 0 aliphatic carbocycles. The zero-order chi connectivity index (χ0) is 11.8. The number of ether oxygens (including phenoxy) is 1. The lowest BCUT2D eigenvalue weighted by Gasteiger charge is -2.15. The Morgan fingerprint density at radius 3 is 2.62 bits per heavy atom. The number of nitrogens with one attached hydrogen (secondary N) is 1. The minimum atomic E-state index is 0.179. The second-order valence-corrected chi connectivity index (χ2v) is 4.38. The van der Waals surface area contributed by atoms with Crippen molar-refractivity contribution in [1.29, 1.82) is 0 Å². The van der Waals surface area contributed by atoms with E-state index < -0.39 is 0 Å². The van der Waals surface area contributed by atoms with E-state index in [1.54, 1.807) is 0 Å². The Morgan fingerprint density at radius 2 is 2.00 bits per heavy atom. The van der Waals surface area contributed by atoms with E-state index in [0.717, 1.165) is 23.9 Å². The molecule has 0 saturated heterocycles. The number of halogens is 1. The van der Waals surface area contributed by atoms with Crippen LogP contribution in [0, 0.1) is 0 Å². The lowest BCUT2D eigenvalue weighted by Crippen LogP contribution is -2.29. The average molecular weight is 242 g/mol. The van der Waals surface area contributed by atoms with E-state index >= 15 is 0 Å². The number of hydrogen-bond acceptors (Lipinski definition) is 2. The average Bonchev–Trinajstić information content (AvgIpc) is 2.28. The highest BCUT2D eigenvalue weighted by atomic mass is 35.5. The van der Waals surface area contributed by atoms with Crippen LogP contribution in [0.15, 0.2) is 24.3 Å². The quantitative estimate of drug-likeness (QED) is 0.738. The first-order valence-electron chi connectivity index (χ1n) is 5.85. The van der Waals surface area contributed by atoms with E-state index in [1.807, 2.05) is 24.3 Å². The topological polar surface area (TPSA) is 21.3 Å². The molecular formula is C13H20ClNO. The Labute approximate surface area is 103 Å². The summed E-state index contributed by atoms with van der Waals surface area (Å²) in [6.45, 7) is 6.19. The minimum Gasteiger partial charge on any atom is -0.489 e. The zero-order valence-electron chi connectivity index (χ0n) is 10.0. The summed E-state index contributed by atoms with van der Waals surface area (Å²) in [4.78, 5) is 0. The van der Waals surface area contributed by atoms with Gasteiger partial charge < -0.3 is 10.1 Å². The second kappa shape index (κ2) is 7.53. The van der Waals surface area contributed by atoms with Gasteiger partial charge in [-0.1, -0.05) is 24.9 Å². The molecule has 0 spiro atoms.